The third-order valence-electron chi connectivity index (χ3n) is 1.73. The fourth-order valence-electron chi connectivity index (χ4n) is 0.874. The highest BCUT2D eigenvalue weighted by Gasteiger charge is 2.11. The van der Waals surface area contributed by atoms with Crippen molar-refractivity contribution in [3.05, 3.63) is 0 Å². The van der Waals surface area contributed by atoms with Gasteiger partial charge in [-0.2, -0.15) is 0 Å². The first-order valence-electron chi connectivity index (χ1n) is 4.48. The summed E-state index contributed by atoms with van der Waals surface area (Å²) in [6.45, 7) is 7.41. The van der Waals surface area contributed by atoms with Crippen molar-refractivity contribution in [2.45, 2.75) is 20.3 Å². The SMILES string of the molecule is CC(=O)OC[C@H](C)CCP(C)(C)=O. The van der Waals surface area contributed by atoms with Crippen LogP contribution >= 0.6 is 7.14 Å². The number of carbonyl (C=O) groups is 1. The van der Waals surface area contributed by atoms with Crippen LogP contribution in [0.3, 0.4) is 0 Å². The average Bonchev–Trinajstić information content (AvgIpc) is 1.95. The summed E-state index contributed by atoms with van der Waals surface area (Å²) < 4.78 is 16.2. The average molecular weight is 206 g/mol. The van der Waals surface area contributed by atoms with Gasteiger partial charge >= 0.3 is 5.97 Å². The van der Waals surface area contributed by atoms with Gasteiger partial charge in [-0.1, -0.05) is 6.92 Å². The molecule has 0 aliphatic rings. The van der Waals surface area contributed by atoms with Crippen molar-refractivity contribution in [2.24, 2.45) is 5.92 Å². The Morgan fingerprint density at radius 3 is 2.38 bits per heavy atom. The van der Waals surface area contributed by atoms with Crippen molar-refractivity contribution in [3.8, 4) is 0 Å². The fraction of sp³-hybridized carbons (Fsp3) is 0.889. The molecule has 0 fully saturated rings. The Morgan fingerprint density at radius 1 is 1.46 bits per heavy atom. The van der Waals surface area contributed by atoms with Crippen LogP contribution in [-0.4, -0.2) is 32.1 Å². The van der Waals surface area contributed by atoms with E-state index in [9.17, 15) is 9.36 Å². The van der Waals surface area contributed by atoms with Crippen molar-refractivity contribution in [1.82, 2.24) is 0 Å². The Bertz CT molecular complexity index is 207. The second-order valence-electron chi connectivity index (χ2n) is 3.99. The normalized spacial score (nSPS) is 13.8. The predicted octanol–water partition coefficient (Wildman–Crippen LogP) is 2.20. The van der Waals surface area contributed by atoms with E-state index in [1.54, 1.807) is 13.3 Å². The van der Waals surface area contributed by atoms with E-state index in [4.69, 9.17) is 4.74 Å². The Morgan fingerprint density at radius 2 is 2.00 bits per heavy atom. The summed E-state index contributed by atoms with van der Waals surface area (Å²) in [7, 11) is -1.91. The summed E-state index contributed by atoms with van der Waals surface area (Å²) in [5.74, 6) is 0.0557. The van der Waals surface area contributed by atoms with Crippen molar-refractivity contribution in [2.75, 3.05) is 26.1 Å². The lowest BCUT2D eigenvalue weighted by molar-refractivity contribution is -0.142. The first-order chi connectivity index (χ1) is 5.81. The highest BCUT2D eigenvalue weighted by molar-refractivity contribution is 7.62. The molecular weight excluding hydrogens is 187 g/mol. The molecule has 0 bridgehead atoms. The molecule has 0 spiro atoms. The Kier molecular flexibility index (Phi) is 5.31. The van der Waals surface area contributed by atoms with Gasteiger partial charge in [0.15, 0.2) is 0 Å². The highest BCUT2D eigenvalue weighted by Crippen LogP contribution is 2.37. The molecule has 4 heteroatoms. The molecule has 0 aromatic heterocycles. The van der Waals surface area contributed by atoms with Crippen molar-refractivity contribution < 1.29 is 14.1 Å². The third-order valence-corrected chi connectivity index (χ3v) is 3.07. The van der Waals surface area contributed by atoms with Crippen LogP contribution in [0.25, 0.3) is 0 Å². The van der Waals surface area contributed by atoms with Crippen LogP contribution in [-0.2, 0) is 14.1 Å². The zero-order valence-corrected chi connectivity index (χ0v) is 9.77. The lowest BCUT2D eigenvalue weighted by Crippen LogP contribution is -2.10. The van der Waals surface area contributed by atoms with E-state index in [0.29, 0.717) is 12.5 Å². The van der Waals surface area contributed by atoms with Gasteiger partial charge in [-0.05, 0) is 25.7 Å². The molecule has 3 nitrogen and oxygen atoms in total. The van der Waals surface area contributed by atoms with Gasteiger partial charge in [0.05, 0.1) is 13.7 Å². The lowest BCUT2D eigenvalue weighted by Gasteiger charge is -2.12. The second-order valence-corrected chi connectivity index (χ2v) is 7.59. The third kappa shape index (κ3) is 9.62. The number of rotatable bonds is 5. The molecule has 0 amide bonds. The second kappa shape index (κ2) is 5.43. The number of hydrogen-bond donors (Lipinski definition) is 0. The van der Waals surface area contributed by atoms with Crippen LogP contribution in [0.5, 0.6) is 0 Å². The van der Waals surface area contributed by atoms with Gasteiger partial charge in [-0.15, -0.1) is 0 Å². The van der Waals surface area contributed by atoms with E-state index in [0.717, 1.165) is 12.6 Å². The summed E-state index contributed by atoms with van der Waals surface area (Å²) >= 11 is 0. The molecule has 1 atom stereocenters. The number of esters is 1. The molecule has 0 aliphatic heterocycles. The Labute approximate surface area is 80.2 Å². The van der Waals surface area contributed by atoms with Crippen LogP contribution in [0.4, 0.5) is 0 Å². The number of hydrogen-bond acceptors (Lipinski definition) is 3. The van der Waals surface area contributed by atoms with Gasteiger partial charge in [-0.3, -0.25) is 4.79 Å². The maximum atomic E-state index is 11.3. The highest BCUT2D eigenvalue weighted by atomic mass is 31.2. The maximum absolute atomic E-state index is 11.3. The van der Waals surface area contributed by atoms with Gasteiger partial charge in [0.2, 0.25) is 0 Å². The smallest absolute Gasteiger partial charge is 0.302 e. The Hall–Kier alpha value is -0.300. The molecule has 0 N–H and O–H groups in total. The van der Waals surface area contributed by atoms with E-state index >= 15 is 0 Å². The summed E-state index contributed by atoms with van der Waals surface area (Å²) in [6.07, 6.45) is 1.59. The molecule has 13 heavy (non-hydrogen) atoms. The molecule has 0 saturated carbocycles. The minimum atomic E-state index is -1.91. The standard InChI is InChI=1S/C9H19O3P/c1-8(7-12-9(2)10)5-6-13(3,4)11/h8H,5-7H2,1-4H3/t8-/m1/s1. The van der Waals surface area contributed by atoms with Crippen LogP contribution < -0.4 is 0 Å². The summed E-state index contributed by atoms with van der Waals surface area (Å²) in [5.41, 5.74) is 0. The molecule has 78 valence electrons. The number of ether oxygens (including phenoxy) is 1. The van der Waals surface area contributed by atoms with Crippen molar-refractivity contribution in [1.29, 1.82) is 0 Å². The molecule has 0 radical (unpaired) electrons. The quantitative estimate of drug-likeness (QED) is 0.511. The summed E-state index contributed by atoms with van der Waals surface area (Å²) in [6, 6.07) is 0. The first kappa shape index (κ1) is 12.7. The summed E-state index contributed by atoms with van der Waals surface area (Å²) in [4.78, 5) is 10.5. The molecule has 0 unspecified atom stereocenters. The van der Waals surface area contributed by atoms with Gasteiger partial charge in [0, 0.05) is 13.1 Å². The zero-order chi connectivity index (χ0) is 10.5. The topological polar surface area (TPSA) is 43.4 Å². The van der Waals surface area contributed by atoms with Gasteiger partial charge in [0.1, 0.15) is 0 Å². The first-order valence-corrected chi connectivity index (χ1v) is 7.27. The molecule has 0 heterocycles. The molecule has 0 saturated heterocycles. The largest absolute Gasteiger partial charge is 0.466 e. The summed E-state index contributed by atoms with van der Waals surface area (Å²) in [5, 5.41) is 0. The minimum Gasteiger partial charge on any atom is -0.466 e. The zero-order valence-electron chi connectivity index (χ0n) is 8.87. The molecule has 0 aliphatic carbocycles. The molecular formula is C9H19O3P. The maximum Gasteiger partial charge on any atom is 0.302 e. The monoisotopic (exact) mass is 206 g/mol. The van der Waals surface area contributed by atoms with E-state index in [2.05, 4.69) is 0 Å². The van der Waals surface area contributed by atoms with Crippen LogP contribution in [0.15, 0.2) is 0 Å². The molecule has 0 aromatic carbocycles. The van der Waals surface area contributed by atoms with Crippen molar-refractivity contribution in [3.63, 3.8) is 0 Å². The van der Waals surface area contributed by atoms with Crippen LogP contribution in [0.2, 0.25) is 0 Å². The van der Waals surface area contributed by atoms with Gasteiger partial charge < -0.3 is 9.30 Å². The number of carbonyl (C=O) groups excluding carboxylic acids is 1. The van der Waals surface area contributed by atoms with E-state index in [-0.39, 0.29) is 5.97 Å². The molecule has 0 aromatic rings. The van der Waals surface area contributed by atoms with Gasteiger partial charge in [0.25, 0.3) is 0 Å². The minimum absolute atomic E-state index is 0.247. The lowest BCUT2D eigenvalue weighted by atomic mass is 10.1. The van der Waals surface area contributed by atoms with E-state index < -0.39 is 7.14 Å². The predicted molar refractivity (Wildman–Crippen MR) is 54.7 cm³/mol. The fourth-order valence-corrected chi connectivity index (χ4v) is 1.94. The van der Waals surface area contributed by atoms with Crippen LogP contribution in [0, 0.1) is 5.92 Å². The van der Waals surface area contributed by atoms with Gasteiger partial charge in [-0.25, -0.2) is 0 Å². The van der Waals surface area contributed by atoms with Crippen LogP contribution in [0.1, 0.15) is 20.3 Å². The Balaban J connectivity index is 3.58. The molecule has 0 rings (SSSR count). The van der Waals surface area contributed by atoms with E-state index in [1.807, 2.05) is 6.92 Å². The van der Waals surface area contributed by atoms with E-state index in [1.165, 1.54) is 6.92 Å². The van der Waals surface area contributed by atoms with Crippen molar-refractivity contribution >= 4 is 13.1 Å².